The zero-order chi connectivity index (χ0) is 19.1. The molecule has 0 aliphatic carbocycles. The number of fused-ring (bicyclic) bond motifs is 1. The molecule has 1 aromatic heterocycles. The number of nitrogens with one attached hydrogen (secondary N) is 1. The Bertz CT molecular complexity index is 1060. The van der Waals surface area contributed by atoms with Crippen molar-refractivity contribution in [3.63, 3.8) is 0 Å². The third-order valence-corrected chi connectivity index (χ3v) is 5.34. The number of benzene rings is 2. The number of nitrogens with zero attached hydrogens (tertiary/aromatic N) is 1. The number of carbonyl (C=O) groups is 1. The van der Waals surface area contributed by atoms with E-state index in [-0.39, 0.29) is 5.91 Å². The zero-order valence-electron chi connectivity index (χ0n) is 15.2. The third kappa shape index (κ3) is 3.30. The Hall–Kier alpha value is -2.79. The van der Waals surface area contributed by atoms with Crippen LogP contribution < -0.4 is 10.6 Å². The molecule has 2 heterocycles. The average molecular weight is 422 g/mol. The van der Waals surface area contributed by atoms with Crippen LogP contribution in [0.1, 0.15) is 28.1 Å². The Morgan fingerprint density at radius 3 is 2.52 bits per heavy atom. The molecule has 4 rings (SSSR count). The Morgan fingerprint density at radius 2 is 1.85 bits per heavy atom. The lowest BCUT2D eigenvalue weighted by atomic mass is 10.0. The van der Waals surface area contributed by atoms with Crippen molar-refractivity contribution >= 4 is 44.9 Å². The van der Waals surface area contributed by atoms with E-state index >= 15 is 0 Å². The summed E-state index contributed by atoms with van der Waals surface area (Å²) in [4.78, 5) is 18.4. The molecule has 27 heavy (non-hydrogen) atoms. The van der Waals surface area contributed by atoms with Crippen molar-refractivity contribution in [1.82, 2.24) is 4.98 Å². The molecule has 0 bridgehead atoms. The van der Waals surface area contributed by atoms with Gasteiger partial charge in [0, 0.05) is 27.1 Å². The fraction of sp³-hybridized carbons (Fsp3) is 0.136. The van der Waals surface area contributed by atoms with Crippen molar-refractivity contribution in [3.8, 4) is 0 Å². The van der Waals surface area contributed by atoms with E-state index in [2.05, 4.69) is 27.0 Å². The second-order valence-corrected chi connectivity index (χ2v) is 7.82. The van der Waals surface area contributed by atoms with Crippen molar-refractivity contribution in [2.75, 3.05) is 10.6 Å². The molecule has 0 radical (unpaired) electrons. The molecule has 0 saturated heterocycles. The first-order valence-corrected chi connectivity index (χ1v) is 9.56. The summed E-state index contributed by atoms with van der Waals surface area (Å²) in [6, 6.07) is 15.7. The summed E-state index contributed by atoms with van der Waals surface area (Å²) in [5, 5.41) is 0. The van der Waals surface area contributed by atoms with Crippen LogP contribution in [0.2, 0.25) is 0 Å². The maximum absolute atomic E-state index is 13.3. The number of nitrogens with two attached hydrogens (primary N) is 1. The van der Waals surface area contributed by atoms with Crippen molar-refractivity contribution in [3.05, 3.63) is 81.1 Å². The maximum Gasteiger partial charge on any atom is 0.259 e. The monoisotopic (exact) mass is 421 g/mol. The minimum Gasteiger partial charge on any atom is -0.399 e. The van der Waals surface area contributed by atoms with Gasteiger partial charge < -0.3 is 15.6 Å². The third-order valence-electron chi connectivity index (χ3n) is 4.81. The lowest BCUT2D eigenvalue weighted by Gasteiger charge is -2.17. The molecule has 5 heteroatoms. The molecular weight excluding hydrogens is 402 g/mol. The Morgan fingerprint density at radius 1 is 1.11 bits per heavy atom. The summed E-state index contributed by atoms with van der Waals surface area (Å²) < 4.78 is 1.02. The molecule has 3 N–H and O–H groups in total. The molecule has 0 fully saturated rings. The highest BCUT2D eigenvalue weighted by atomic mass is 79.9. The molecule has 1 amide bonds. The molecule has 0 spiro atoms. The van der Waals surface area contributed by atoms with Crippen LogP contribution in [0.5, 0.6) is 0 Å². The number of anilines is 2. The van der Waals surface area contributed by atoms with Crippen LogP contribution >= 0.6 is 15.9 Å². The molecular formula is C22H20BrN3O. The summed E-state index contributed by atoms with van der Waals surface area (Å²) in [6.07, 6.45) is 1.94. The van der Waals surface area contributed by atoms with Gasteiger partial charge >= 0.3 is 0 Å². The minimum absolute atomic E-state index is 0.00910. The zero-order valence-corrected chi connectivity index (χ0v) is 16.8. The standard InChI is InChI=1S/C22H20BrN3O/c1-13-9-14(2)25-20(13)11-19-18-10-17(24)7-8-21(18)26(22(19)27)12-15-3-5-16(23)6-4-15/h3-11,25H,12,24H2,1-2H3. The van der Waals surface area contributed by atoms with Gasteiger partial charge in [-0.1, -0.05) is 28.1 Å². The van der Waals surface area contributed by atoms with Gasteiger partial charge in [0.05, 0.1) is 17.8 Å². The second-order valence-electron chi connectivity index (χ2n) is 6.90. The number of hydrogen-bond donors (Lipinski definition) is 2. The molecule has 1 aliphatic heterocycles. The van der Waals surface area contributed by atoms with Gasteiger partial charge in [-0.15, -0.1) is 0 Å². The number of aromatic nitrogens is 1. The van der Waals surface area contributed by atoms with E-state index in [1.165, 1.54) is 0 Å². The number of amides is 1. The summed E-state index contributed by atoms with van der Waals surface area (Å²) in [7, 11) is 0. The van der Waals surface area contributed by atoms with E-state index in [0.717, 1.165) is 38.2 Å². The molecule has 0 atom stereocenters. The topological polar surface area (TPSA) is 62.1 Å². The summed E-state index contributed by atoms with van der Waals surface area (Å²) in [6.45, 7) is 4.57. The number of rotatable bonds is 3. The van der Waals surface area contributed by atoms with E-state index < -0.39 is 0 Å². The lowest BCUT2D eigenvalue weighted by molar-refractivity contribution is -0.113. The lowest BCUT2D eigenvalue weighted by Crippen LogP contribution is -2.25. The van der Waals surface area contributed by atoms with Crippen molar-refractivity contribution in [2.24, 2.45) is 0 Å². The second kappa shape index (κ2) is 6.74. The van der Waals surface area contributed by atoms with Crippen molar-refractivity contribution in [2.45, 2.75) is 20.4 Å². The first-order valence-electron chi connectivity index (χ1n) is 8.76. The van der Waals surface area contributed by atoms with Crippen LogP contribution in [-0.4, -0.2) is 10.9 Å². The van der Waals surface area contributed by atoms with E-state index in [0.29, 0.717) is 17.8 Å². The number of hydrogen-bond acceptors (Lipinski definition) is 2. The molecule has 0 unspecified atom stereocenters. The number of carbonyl (C=O) groups excluding carboxylic acids is 1. The van der Waals surface area contributed by atoms with Gasteiger partial charge in [0.2, 0.25) is 0 Å². The van der Waals surface area contributed by atoms with Crippen molar-refractivity contribution < 1.29 is 4.79 Å². The van der Waals surface area contributed by atoms with Gasteiger partial charge in [-0.25, -0.2) is 0 Å². The molecule has 0 saturated carbocycles. The normalized spacial score (nSPS) is 14.9. The maximum atomic E-state index is 13.3. The molecule has 3 aromatic rings. The summed E-state index contributed by atoms with van der Waals surface area (Å²) in [5.41, 5.74) is 13.3. The fourth-order valence-corrected chi connectivity index (χ4v) is 3.75. The Kier molecular flexibility index (Phi) is 4.40. The number of aryl methyl sites for hydroxylation is 2. The summed E-state index contributed by atoms with van der Waals surface area (Å²) >= 11 is 3.45. The predicted octanol–water partition coefficient (Wildman–Crippen LogP) is 5.06. The van der Waals surface area contributed by atoms with E-state index in [1.54, 1.807) is 0 Å². The van der Waals surface area contributed by atoms with Crippen LogP contribution in [0.25, 0.3) is 11.6 Å². The van der Waals surface area contributed by atoms with Gasteiger partial charge in [0.25, 0.3) is 5.91 Å². The van der Waals surface area contributed by atoms with E-state index in [4.69, 9.17) is 5.73 Å². The smallest absolute Gasteiger partial charge is 0.259 e. The number of halogens is 1. The van der Waals surface area contributed by atoms with E-state index in [9.17, 15) is 4.79 Å². The van der Waals surface area contributed by atoms with Gasteiger partial charge in [-0.05, 0) is 67.4 Å². The fourth-order valence-electron chi connectivity index (χ4n) is 3.49. The molecule has 1 aliphatic rings. The van der Waals surface area contributed by atoms with E-state index in [1.807, 2.05) is 67.3 Å². The Labute approximate surface area is 166 Å². The number of aromatic amines is 1. The van der Waals surface area contributed by atoms with Crippen LogP contribution in [0.4, 0.5) is 11.4 Å². The van der Waals surface area contributed by atoms with Gasteiger partial charge in [-0.2, -0.15) is 0 Å². The van der Waals surface area contributed by atoms with Gasteiger partial charge in [0.15, 0.2) is 0 Å². The number of nitrogen functional groups attached to an aromatic ring is 1. The SMILES string of the molecule is Cc1cc(C)c(C=C2C(=O)N(Cc3ccc(Br)cc3)c3ccc(N)cc32)[nH]1. The van der Waals surface area contributed by atoms with Crippen LogP contribution in [0.15, 0.2) is 53.0 Å². The average Bonchev–Trinajstić information content (AvgIpc) is 3.07. The first kappa shape index (κ1) is 17.6. The minimum atomic E-state index is -0.00910. The van der Waals surface area contributed by atoms with Crippen molar-refractivity contribution in [1.29, 1.82) is 0 Å². The highest BCUT2D eigenvalue weighted by molar-refractivity contribution is 9.10. The highest BCUT2D eigenvalue weighted by Crippen LogP contribution is 2.40. The number of H-pyrrole nitrogens is 1. The largest absolute Gasteiger partial charge is 0.399 e. The van der Waals surface area contributed by atoms with Gasteiger partial charge in [0.1, 0.15) is 0 Å². The molecule has 4 nitrogen and oxygen atoms in total. The van der Waals surface area contributed by atoms with Crippen LogP contribution in [0.3, 0.4) is 0 Å². The quantitative estimate of drug-likeness (QED) is 0.458. The summed E-state index contributed by atoms with van der Waals surface area (Å²) in [5.74, 6) is -0.00910. The highest BCUT2D eigenvalue weighted by Gasteiger charge is 2.32. The molecule has 2 aromatic carbocycles. The van der Waals surface area contributed by atoms with Gasteiger partial charge in [-0.3, -0.25) is 4.79 Å². The first-order chi connectivity index (χ1) is 12.9. The van der Waals surface area contributed by atoms with Crippen LogP contribution in [0, 0.1) is 13.8 Å². The predicted molar refractivity (Wildman–Crippen MR) is 114 cm³/mol. The van der Waals surface area contributed by atoms with Crippen LogP contribution in [-0.2, 0) is 11.3 Å². The Balaban J connectivity index is 1.78. The molecule has 136 valence electrons.